The van der Waals surface area contributed by atoms with Crippen LogP contribution in [0.15, 0.2) is 42.6 Å². The maximum atomic E-state index is 12.4. The molecule has 1 heterocycles. The normalized spacial score (nSPS) is 10.4. The van der Waals surface area contributed by atoms with Gasteiger partial charge in [-0.3, -0.25) is 9.59 Å². The van der Waals surface area contributed by atoms with Crippen LogP contribution in [-0.2, 0) is 4.79 Å². The fourth-order valence-electron chi connectivity index (χ4n) is 2.23. The highest BCUT2D eigenvalue weighted by Crippen LogP contribution is 2.19. The molecule has 6 nitrogen and oxygen atoms in total. The molecule has 0 saturated heterocycles. The number of pyridine rings is 1. The summed E-state index contributed by atoms with van der Waals surface area (Å²) in [6.45, 7) is 6.26. The largest absolute Gasteiger partial charge is 0.477 e. The Balaban J connectivity index is 2.01. The molecule has 6 heteroatoms. The van der Waals surface area contributed by atoms with Crippen LogP contribution in [0.1, 0.15) is 37.6 Å². The number of carbonyl (C=O) groups excluding carboxylic acids is 2. The smallest absolute Gasteiger partial charge is 0.261 e. The molecule has 1 aromatic carbocycles. The second-order valence-electron chi connectivity index (χ2n) is 5.97. The van der Waals surface area contributed by atoms with Crippen molar-refractivity contribution in [3.63, 3.8) is 0 Å². The summed E-state index contributed by atoms with van der Waals surface area (Å²) in [5.41, 5.74) is 1.69. The Bertz CT molecular complexity index is 727. The number of ether oxygens (including phenoxy) is 1. The van der Waals surface area contributed by atoms with E-state index in [1.165, 1.54) is 0 Å². The second-order valence-corrected chi connectivity index (χ2v) is 5.97. The molecule has 2 N–H and O–H groups in total. The molecule has 2 amide bonds. The SMILES string of the molecule is CCOc1ncccc1C(=O)Nc1ccc(NC(=O)CC(C)C)cc1. The molecule has 0 aliphatic rings. The molecular weight excluding hydrogens is 318 g/mol. The summed E-state index contributed by atoms with van der Waals surface area (Å²) < 4.78 is 5.37. The highest BCUT2D eigenvalue weighted by Gasteiger charge is 2.13. The molecule has 0 atom stereocenters. The molecule has 1 aromatic heterocycles. The number of aromatic nitrogens is 1. The summed E-state index contributed by atoms with van der Waals surface area (Å²) in [7, 11) is 0. The maximum Gasteiger partial charge on any atom is 0.261 e. The minimum absolute atomic E-state index is 0.0245. The lowest BCUT2D eigenvalue weighted by molar-refractivity contribution is -0.116. The van der Waals surface area contributed by atoms with Gasteiger partial charge in [0.15, 0.2) is 0 Å². The van der Waals surface area contributed by atoms with Crippen LogP contribution in [0.4, 0.5) is 11.4 Å². The summed E-state index contributed by atoms with van der Waals surface area (Å²) >= 11 is 0. The zero-order valence-electron chi connectivity index (χ0n) is 14.7. The average Bonchev–Trinajstić information content (AvgIpc) is 2.56. The van der Waals surface area contributed by atoms with E-state index in [0.717, 1.165) is 0 Å². The van der Waals surface area contributed by atoms with Crippen LogP contribution in [0.25, 0.3) is 0 Å². The van der Waals surface area contributed by atoms with Gasteiger partial charge in [0.1, 0.15) is 5.56 Å². The molecule has 0 fully saturated rings. The number of amides is 2. The predicted molar refractivity (Wildman–Crippen MR) is 97.9 cm³/mol. The van der Waals surface area contributed by atoms with Crippen LogP contribution in [0.3, 0.4) is 0 Å². The van der Waals surface area contributed by atoms with Gasteiger partial charge in [0.05, 0.1) is 6.61 Å². The first-order valence-corrected chi connectivity index (χ1v) is 8.28. The summed E-state index contributed by atoms with van der Waals surface area (Å²) in [5, 5.41) is 5.63. The lowest BCUT2D eigenvalue weighted by Gasteiger charge is -2.10. The van der Waals surface area contributed by atoms with E-state index in [9.17, 15) is 9.59 Å². The second kappa shape index (κ2) is 8.82. The third kappa shape index (κ3) is 5.60. The van der Waals surface area contributed by atoms with E-state index < -0.39 is 0 Å². The predicted octanol–water partition coefficient (Wildman–Crippen LogP) is 3.72. The zero-order chi connectivity index (χ0) is 18.2. The minimum Gasteiger partial charge on any atom is -0.477 e. The van der Waals surface area contributed by atoms with Gasteiger partial charge in [-0.2, -0.15) is 0 Å². The Hall–Kier alpha value is -2.89. The summed E-state index contributed by atoms with van der Waals surface area (Å²) in [6, 6.07) is 10.3. The zero-order valence-corrected chi connectivity index (χ0v) is 14.7. The monoisotopic (exact) mass is 341 g/mol. The molecule has 0 saturated carbocycles. The summed E-state index contributed by atoms with van der Waals surface area (Å²) in [4.78, 5) is 28.2. The van der Waals surface area contributed by atoms with Crippen LogP contribution in [-0.4, -0.2) is 23.4 Å². The van der Waals surface area contributed by atoms with Gasteiger partial charge < -0.3 is 15.4 Å². The molecule has 0 aliphatic carbocycles. The number of anilines is 2. The standard InChI is InChI=1S/C19H23N3O3/c1-4-25-19-16(6-5-11-20-19)18(24)22-15-9-7-14(8-10-15)21-17(23)12-13(2)3/h5-11,13H,4,12H2,1-3H3,(H,21,23)(H,22,24). The van der Waals surface area contributed by atoms with Crippen molar-refractivity contribution >= 4 is 23.2 Å². The maximum absolute atomic E-state index is 12.4. The van der Waals surface area contributed by atoms with Gasteiger partial charge in [-0.25, -0.2) is 4.98 Å². The molecule has 2 rings (SSSR count). The Morgan fingerprint density at radius 1 is 1.08 bits per heavy atom. The Kier molecular flexibility index (Phi) is 6.51. The van der Waals surface area contributed by atoms with Gasteiger partial charge in [-0.05, 0) is 49.2 Å². The van der Waals surface area contributed by atoms with Crippen molar-refractivity contribution in [3.05, 3.63) is 48.2 Å². The van der Waals surface area contributed by atoms with E-state index in [1.54, 1.807) is 42.6 Å². The summed E-state index contributed by atoms with van der Waals surface area (Å²) in [5.74, 6) is 0.286. The first-order chi connectivity index (χ1) is 12.0. The van der Waals surface area contributed by atoms with Crippen molar-refractivity contribution in [2.75, 3.05) is 17.2 Å². The number of carbonyl (C=O) groups is 2. The van der Waals surface area contributed by atoms with Crippen molar-refractivity contribution in [2.24, 2.45) is 5.92 Å². The van der Waals surface area contributed by atoms with Gasteiger partial charge in [-0.15, -0.1) is 0 Å². The number of rotatable bonds is 7. The van der Waals surface area contributed by atoms with Crippen molar-refractivity contribution in [2.45, 2.75) is 27.2 Å². The van der Waals surface area contributed by atoms with Crippen LogP contribution in [0, 0.1) is 5.92 Å². The Labute approximate surface area is 147 Å². The fraction of sp³-hybridized carbons (Fsp3) is 0.316. The highest BCUT2D eigenvalue weighted by molar-refractivity contribution is 6.05. The number of nitrogens with zero attached hydrogens (tertiary/aromatic N) is 1. The Morgan fingerprint density at radius 3 is 2.32 bits per heavy atom. The van der Waals surface area contributed by atoms with Crippen LogP contribution in [0.2, 0.25) is 0 Å². The van der Waals surface area contributed by atoms with Gasteiger partial charge in [0.2, 0.25) is 11.8 Å². The fourth-order valence-corrected chi connectivity index (χ4v) is 2.23. The summed E-state index contributed by atoms with van der Waals surface area (Å²) in [6.07, 6.45) is 2.05. The van der Waals surface area contributed by atoms with Crippen molar-refractivity contribution < 1.29 is 14.3 Å². The highest BCUT2D eigenvalue weighted by atomic mass is 16.5. The first kappa shape index (κ1) is 18.4. The molecule has 2 aromatic rings. The minimum atomic E-state index is -0.298. The van der Waals surface area contributed by atoms with Crippen molar-refractivity contribution in [1.82, 2.24) is 4.98 Å². The first-order valence-electron chi connectivity index (χ1n) is 8.28. The van der Waals surface area contributed by atoms with Crippen LogP contribution in [0.5, 0.6) is 5.88 Å². The van der Waals surface area contributed by atoms with Crippen molar-refractivity contribution in [1.29, 1.82) is 0 Å². The molecular formula is C19H23N3O3. The molecule has 0 unspecified atom stereocenters. The van der Waals surface area contributed by atoms with Gasteiger partial charge >= 0.3 is 0 Å². The molecule has 0 bridgehead atoms. The van der Waals surface area contributed by atoms with E-state index in [2.05, 4.69) is 15.6 Å². The lowest BCUT2D eigenvalue weighted by atomic mass is 10.1. The topological polar surface area (TPSA) is 80.3 Å². The van der Waals surface area contributed by atoms with Gasteiger partial charge in [0, 0.05) is 24.0 Å². The number of hydrogen-bond donors (Lipinski definition) is 2. The van der Waals surface area contributed by atoms with Crippen LogP contribution < -0.4 is 15.4 Å². The van der Waals surface area contributed by atoms with E-state index in [0.29, 0.717) is 41.8 Å². The molecule has 0 radical (unpaired) electrons. The molecule has 0 spiro atoms. The average molecular weight is 341 g/mol. The third-order valence-electron chi connectivity index (χ3n) is 3.32. The van der Waals surface area contributed by atoms with Gasteiger partial charge in [-0.1, -0.05) is 13.8 Å². The quantitative estimate of drug-likeness (QED) is 0.804. The Morgan fingerprint density at radius 2 is 1.72 bits per heavy atom. The van der Waals surface area contributed by atoms with Gasteiger partial charge in [0.25, 0.3) is 5.91 Å². The van der Waals surface area contributed by atoms with E-state index >= 15 is 0 Å². The number of benzene rings is 1. The van der Waals surface area contributed by atoms with E-state index in [4.69, 9.17) is 4.74 Å². The molecule has 132 valence electrons. The number of nitrogens with one attached hydrogen (secondary N) is 2. The van der Waals surface area contributed by atoms with Crippen LogP contribution >= 0.6 is 0 Å². The molecule has 0 aliphatic heterocycles. The van der Waals surface area contributed by atoms with E-state index in [-0.39, 0.29) is 11.8 Å². The lowest BCUT2D eigenvalue weighted by Crippen LogP contribution is -2.15. The number of hydrogen-bond acceptors (Lipinski definition) is 4. The van der Waals surface area contributed by atoms with Crippen molar-refractivity contribution in [3.8, 4) is 5.88 Å². The third-order valence-corrected chi connectivity index (χ3v) is 3.32. The van der Waals surface area contributed by atoms with E-state index in [1.807, 2.05) is 20.8 Å². The molecule has 25 heavy (non-hydrogen) atoms.